The van der Waals surface area contributed by atoms with Gasteiger partial charge in [0.2, 0.25) is 11.8 Å². The number of allylic oxidation sites excluding steroid dienone is 8. The molecule has 54 heavy (non-hydrogen) atoms. The molecule has 11 rings (SSSR count). The normalized spacial score (nSPS) is 27.2. The predicted molar refractivity (Wildman–Crippen MR) is 207 cm³/mol. The Labute approximate surface area is 312 Å². The molecular weight excluding hydrogens is 669 g/mol. The lowest BCUT2D eigenvalue weighted by atomic mass is 9.52. The number of piperidine rings is 1. The predicted octanol–water partition coefficient (Wildman–Crippen LogP) is 8.35. The maximum Gasteiger partial charge on any atom is 0.265 e. The molecule has 4 amide bonds. The second-order valence-corrected chi connectivity index (χ2v) is 14.9. The second-order valence-electron chi connectivity index (χ2n) is 14.9. The average Bonchev–Trinajstić information content (AvgIpc) is 3.22. The van der Waals surface area contributed by atoms with E-state index in [0.717, 1.165) is 44.5 Å². The van der Waals surface area contributed by atoms with Crippen molar-refractivity contribution in [2.24, 2.45) is 35.5 Å². The maximum absolute atomic E-state index is 14.3. The van der Waals surface area contributed by atoms with E-state index in [-0.39, 0.29) is 47.3 Å². The summed E-state index contributed by atoms with van der Waals surface area (Å²) < 4.78 is 0. The SMILES string of the molecule is O=C1C2=C3C(C=CC4C5=CC=C6C(=O)N(c7ccc(-c8ccccc8)cc7)C(=O)C7C=CC(=C5C67)C(C=C2)C34)C(=O)N1c1ccc(-c2ccccc2)cc1. The van der Waals surface area contributed by atoms with E-state index in [9.17, 15) is 19.2 Å². The van der Waals surface area contributed by atoms with Crippen molar-refractivity contribution in [2.75, 3.05) is 9.80 Å². The van der Waals surface area contributed by atoms with Gasteiger partial charge in [-0.15, -0.1) is 0 Å². The van der Waals surface area contributed by atoms with Gasteiger partial charge in [-0.25, -0.2) is 9.80 Å². The molecule has 258 valence electrons. The van der Waals surface area contributed by atoms with Crippen molar-refractivity contribution in [2.45, 2.75) is 0 Å². The van der Waals surface area contributed by atoms with Gasteiger partial charge in [0.05, 0.1) is 23.2 Å². The molecule has 6 nitrogen and oxygen atoms in total. The van der Waals surface area contributed by atoms with Crippen LogP contribution in [0.4, 0.5) is 11.4 Å². The van der Waals surface area contributed by atoms with Crippen molar-refractivity contribution in [1.29, 1.82) is 0 Å². The van der Waals surface area contributed by atoms with E-state index in [4.69, 9.17) is 0 Å². The molecule has 2 aliphatic heterocycles. The zero-order valence-electron chi connectivity index (χ0n) is 29.0. The van der Waals surface area contributed by atoms with Crippen LogP contribution in [-0.4, -0.2) is 23.6 Å². The highest BCUT2D eigenvalue weighted by molar-refractivity contribution is 6.27. The summed E-state index contributed by atoms with van der Waals surface area (Å²) in [6.07, 6.45) is 16.1. The third-order valence-electron chi connectivity index (χ3n) is 12.4. The van der Waals surface area contributed by atoms with Crippen LogP contribution in [0.2, 0.25) is 0 Å². The Morgan fingerprint density at radius 1 is 0.463 bits per heavy atom. The number of amides is 4. The van der Waals surface area contributed by atoms with Gasteiger partial charge in [-0.3, -0.25) is 19.2 Å². The molecule has 4 aromatic rings. The van der Waals surface area contributed by atoms with Gasteiger partial charge < -0.3 is 0 Å². The monoisotopic (exact) mass is 700 g/mol. The van der Waals surface area contributed by atoms with E-state index >= 15 is 0 Å². The minimum Gasteiger partial charge on any atom is -0.273 e. The molecule has 5 aliphatic carbocycles. The average molecular weight is 701 g/mol. The molecule has 6 unspecified atom stereocenters. The molecule has 0 spiro atoms. The highest BCUT2D eigenvalue weighted by Crippen LogP contribution is 2.60. The summed E-state index contributed by atoms with van der Waals surface area (Å²) in [5.41, 5.74) is 10.5. The smallest absolute Gasteiger partial charge is 0.265 e. The number of imide groups is 2. The number of hydrogen-bond donors (Lipinski definition) is 0. The summed E-state index contributed by atoms with van der Waals surface area (Å²) >= 11 is 0. The van der Waals surface area contributed by atoms with Gasteiger partial charge in [-0.1, -0.05) is 134 Å². The van der Waals surface area contributed by atoms with Crippen LogP contribution in [0.25, 0.3) is 22.3 Å². The quantitative estimate of drug-likeness (QED) is 0.159. The number of hydrogen-bond acceptors (Lipinski definition) is 4. The molecular formula is C48H32N2O4. The number of nitrogens with zero attached hydrogens (tertiary/aromatic N) is 2. The van der Waals surface area contributed by atoms with Crippen LogP contribution in [0.15, 0.2) is 191 Å². The highest BCUT2D eigenvalue weighted by atomic mass is 16.2. The third-order valence-corrected chi connectivity index (χ3v) is 12.4. The fourth-order valence-corrected chi connectivity index (χ4v) is 9.98. The van der Waals surface area contributed by atoms with Crippen LogP contribution >= 0.6 is 0 Å². The topological polar surface area (TPSA) is 74.8 Å². The lowest BCUT2D eigenvalue weighted by Crippen LogP contribution is -2.54. The Morgan fingerprint density at radius 3 is 1.65 bits per heavy atom. The molecule has 0 N–H and O–H groups in total. The lowest BCUT2D eigenvalue weighted by Gasteiger charge is -2.53. The fourth-order valence-electron chi connectivity index (χ4n) is 9.98. The lowest BCUT2D eigenvalue weighted by molar-refractivity contribution is -0.130. The van der Waals surface area contributed by atoms with E-state index in [1.807, 2.05) is 140 Å². The molecule has 7 aliphatic rings. The van der Waals surface area contributed by atoms with Crippen molar-refractivity contribution in [3.63, 3.8) is 0 Å². The summed E-state index contributed by atoms with van der Waals surface area (Å²) in [4.78, 5) is 59.8. The van der Waals surface area contributed by atoms with Crippen LogP contribution < -0.4 is 9.80 Å². The number of carbonyl (C=O) groups excluding carboxylic acids is 4. The number of carbonyl (C=O) groups is 4. The van der Waals surface area contributed by atoms with Crippen LogP contribution in [0, 0.1) is 35.5 Å². The van der Waals surface area contributed by atoms with Crippen molar-refractivity contribution >= 4 is 35.0 Å². The molecule has 0 radical (unpaired) electrons. The number of rotatable bonds is 4. The largest absolute Gasteiger partial charge is 0.273 e. The summed E-state index contributed by atoms with van der Waals surface area (Å²) in [5, 5.41) is 0. The second kappa shape index (κ2) is 11.4. The van der Waals surface area contributed by atoms with Crippen LogP contribution in [0.3, 0.4) is 0 Å². The maximum atomic E-state index is 14.3. The van der Waals surface area contributed by atoms with Gasteiger partial charge in [0.1, 0.15) is 0 Å². The molecule has 0 saturated carbocycles. The summed E-state index contributed by atoms with van der Waals surface area (Å²) in [6.45, 7) is 0. The molecule has 4 aromatic carbocycles. The Morgan fingerprint density at radius 2 is 1.02 bits per heavy atom. The fraction of sp³-hybridized carbons (Fsp3) is 0.125. The summed E-state index contributed by atoms with van der Waals surface area (Å²) in [5.74, 6) is -2.86. The van der Waals surface area contributed by atoms with Crippen LogP contribution in [-0.2, 0) is 19.2 Å². The van der Waals surface area contributed by atoms with Gasteiger partial charge in [0, 0.05) is 34.8 Å². The van der Waals surface area contributed by atoms with Gasteiger partial charge in [0.15, 0.2) is 0 Å². The van der Waals surface area contributed by atoms with Crippen LogP contribution in [0.1, 0.15) is 0 Å². The van der Waals surface area contributed by atoms with Gasteiger partial charge >= 0.3 is 0 Å². The third kappa shape index (κ3) is 4.22. The molecule has 6 atom stereocenters. The molecule has 0 bridgehead atoms. The zero-order chi connectivity index (χ0) is 36.2. The first-order valence-corrected chi connectivity index (χ1v) is 18.5. The van der Waals surface area contributed by atoms with Crippen LogP contribution in [0.5, 0.6) is 0 Å². The number of benzene rings is 4. The Bertz CT molecular complexity index is 2590. The van der Waals surface area contributed by atoms with Crippen molar-refractivity contribution in [1.82, 2.24) is 0 Å². The van der Waals surface area contributed by atoms with Crippen molar-refractivity contribution < 1.29 is 19.2 Å². The molecule has 1 saturated heterocycles. The molecule has 0 aromatic heterocycles. The van der Waals surface area contributed by atoms with E-state index in [1.165, 1.54) is 9.80 Å². The number of fused-ring (bicyclic) bond motifs is 2. The van der Waals surface area contributed by atoms with Gasteiger partial charge in [0.25, 0.3) is 11.8 Å². The van der Waals surface area contributed by atoms with E-state index < -0.39 is 11.8 Å². The minimum atomic E-state index is -0.558. The minimum absolute atomic E-state index is 0.101. The number of anilines is 2. The Hall–Kier alpha value is -6.66. The van der Waals surface area contributed by atoms with Crippen molar-refractivity contribution in [3.8, 4) is 22.3 Å². The summed E-state index contributed by atoms with van der Waals surface area (Å²) in [6, 6.07) is 35.2. The summed E-state index contributed by atoms with van der Waals surface area (Å²) in [7, 11) is 0. The first-order valence-electron chi connectivity index (χ1n) is 18.5. The van der Waals surface area contributed by atoms with E-state index in [1.54, 1.807) is 0 Å². The molecule has 1 fully saturated rings. The van der Waals surface area contributed by atoms with Gasteiger partial charge in [-0.05, 0) is 68.8 Å². The van der Waals surface area contributed by atoms with E-state index in [2.05, 4.69) is 18.2 Å². The highest BCUT2D eigenvalue weighted by Gasteiger charge is 2.56. The Balaban J connectivity index is 0.945. The van der Waals surface area contributed by atoms with E-state index in [0.29, 0.717) is 22.5 Å². The zero-order valence-corrected chi connectivity index (χ0v) is 29.0. The van der Waals surface area contributed by atoms with Gasteiger partial charge in [-0.2, -0.15) is 0 Å². The Kier molecular flexibility index (Phi) is 6.54. The standard InChI is InChI=1S/C48H32N2O4/c51-45-37-23-19-33-35-21-25-39-44-40(48(54)50(47(39)53)32-17-13-30(14-18-32)28-9-5-2-6-10-28)26-22-36(42(35)44)34-20-24-38(43(37)41(33)34)46(52)49(45)31-15-11-29(12-16-31)27-7-3-1-4-8-27/h1-26,33-34,37,40-41,44H. The molecule has 6 heteroatoms. The van der Waals surface area contributed by atoms with Crippen molar-refractivity contribution in [3.05, 3.63) is 191 Å². The molecule has 2 heterocycles. The first-order chi connectivity index (χ1) is 26.5. The first kappa shape index (κ1) is 30.9.